The van der Waals surface area contributed by atoms with Gasteiger partial charge in [-0.25, -0.2) is 0 Å². The van der Waals surface area contributed by atoms with E-state index in [1.807, 2.05) is 16.9 Å². The molecule has 0 aliphatic carbocycles. The van der Waals surface area contributed by atoms with E-state index >= 15 is 0 Å². The Morgan fingerprint density at radius 1 is 1.41 bits per heavy atom. The average molecular weight is 307 g/mol. The van der Waals surface area contributed by atoms with Crippen LogP contribution in [-0.4, -0.2) is 60.9 Å². The van der Waals surface area contributed by atoms with Crippen molar-refractivity contribution in [1.29, 1.82) is 0 Å². The van der Waals surface area contributed by atoms with Gasteiger partial charge >= 0.3 is 0 Å². The van der Waals surface area contributed by atoms with Crippen molar-refractivity contribution in [2.75, 3.05) is 40.3 Å². The Balaban J connectivity index is 2.07. The number of carbonyl (C=O) groups is 1. The number of nitrogens with zero attached hydrogens (tertiary/aromatic N) is 3. The van der Waals surface area contributed by atoms with Crippen LogP contribution in [0.3, 0.4) is 0 Å². The Hall–Kier alpha value is -1.40. The predicted octanol–water partition coefficient (Wildman–Crippen LogP) is 0.666. The highest BCUT2D eigenvalue weighted by atomic mass is 16.2. The fraction of sp³-hybridized carbons (Fsp3) is 0.750. The summed E-state index contributed by atoms with van der Waals surface area (Å²) in [6.45, 7) is 7.64. The third-order valence-corrected chi connectivity index (χ3v) is 4.27. The number of nitrogens with one attached hydrogen (secondary N) is 2. The smallest absolute Gasteiger partial charge is 0.248 e. The fourth-order valence-corrected chi connectivity index (χ4v) is 3.32. The molecule has 1 aliphatic heterocycles. The average Bonchev–Trinajstić information content (AvgIpc) is 2.99. The van der Waals surface area contributed by atoms with Gasteiger partial charge in [-0.3, -0.25) is 9.48 Å². The van der Waals surface area contributed by atoms with Crippen LogP contribution >= 0.6 is 0 Å². The molecule has 1 aliphatic rings. The first-order chi connectivity index (χ1) is 10.4. The van der Waals surface area contributed by atoms with Gasteiger partial charge < -0.3 is 15.5 Å². The van der Waals surface area contributed by atoms with Crippen LogP contribution in [0.2, 0.25) is 0 Å². The second kappa shape index (κ2) is 6.79. The number of carbonyl (C=O) groups excluding carboxylic acids is 1. The summed E-state index contributed by atoms with van der Waals surface area (Å²) in [7, 11) is 4.11. The van der Waals surface area contributed by atoms with E-state index in [9.17, 15) is 4.79 Å². The summed E-state index contributed by atoms with van der Waals surface area (Å²) in [6, 6.07) is 1.88. The summed E-state index contributed by atoms with van der Waals surface area (Å²) in [4.78, 5) is 15.1. The molecular weight excluding hydrogens is 278 g/mol. The van der Waals surface area contributed by atoms with Gasteiger partial charge in [0.05, 0.1) is 0 Å². The van der Waals surface area contributed by atoms with E-state index < -0.39 is 5.54 Å². The van der Waals surface area contributed by atoms with E-state index in [1.54, 1.807) is 6.20 Å². The Morgan fingerprint density at radius 3 is 2.64 bits per heavy atom. The van der Waals surface area contributed by atoms with Crippen molar-refractivity contribution in [3.8, 4) is 0 Å². The summed E-state index contributed by atoms with van der Waals surface area (Å²) in [5.74, 6) is 0.0875. The van der Waals surface area contributed by atoms with Crippen LogP contribution in [0.5, 0.6) is 0 Å². The van der Waals surface area contributed by atoms with Crippen molar-refractivity contribution in [2.24, 2.45) is 5.41 Å². The number of amides is 1. The SMILES string of the molecule is CN(C)CC(C)(C)CNC(=O)C1(n2cccn2)CCNCC1. The van der Waals surface area contributed by atoms with Crippen molar-refractivity contribution in [1.82, 2.24) is 25.3 Å². The van der Waals surface area contributed by atoms with Crippen LogP contribution in [0, 0.1) is 5.41 Å². The molecule has 0 atom stereocenters. The molecular formula is C16H29N5O. The largest absolute Gasteiger partial charge is 0.353 e. The summed E-state index contributed by atoms with van der Waals surface area (Å²) in [5, 5.41) is 10.8. The molecule has 0 radical (unpaired) electrons. The molecule has 2 heterocycles. The molecule has 1 saturated heterocycles. The highest BCUT2D eigenvalue weighted by Gasteiger charge is 2.42. The summed E-state index contributed by atoms with van der Waals surface area (Å²) in [5.41, 5.74) is -0.514. The molecule has 124 valence electrons. The standard InChI is InChI=1S/C16H29N5O/c1-15(2,13-20(3)4)12-18-14(22)16(6-9-17-10-7-16)21-11-5-8-19-21/h5,8,11,17H,6-7,9-10,12-13H2,1-4H3,(H,18,22). The van der Waals surface area contributed by atoms with Gasteiger partial charge in [0.2, 0.25) is 5.91 Å². The van der Waals surface area contributed by atoms with Crippen LogP contribution in [-0.2, 0) is 10.3 Å². The topological polar surface area (TPSA) is 62.2 Å². The summed E-state index contributed by atoms with van der Waals surface area (Å²) < 4.78 is 1.84. The molecule has 0 saturated carbocycles. The minimum absolute atomic E-state index is 0.0391. The van der Waals surface area contributed by atoms with Crippen LogP contribution < -0.4 is 10.6 Å². The van der Waals surface area contributed by atoms with Crippen molar-refractivity contribution < 1.29 is 4.79 Å². The normalized spacial score (nSPS) is 18.4. The Morgan fingerprint density at radius 2 is 2.09 bits per heavy atom. The van der Waals surface area contributed by atoms with E-state index in [2.05, 4.69) is 48.6 Å². The van der Waals surface area contributed by atoms with Crippen LogP contribution in [0.4, 0.5) is 0 Å². The minimum atomic E-state index is -0.553. The molecule has 2 N–H and O–H groups in total. The molecule has 0 bridgehead atoms. The maximum atomic E-state index is 12.9. The number of rotatable bonds is 6. The quantitative estimate of drug-likeness (QED) is 0.811. The lowest BCUT2D eigenvalue weighted by Gasteiger charge is -2.37. The maximum absolute atomic E-state index is 12.9. The molecule has 0 spiro atoms. The fourth-order valence-electron chi connectivity index (χ4n) is 3.32. The van der Waals surface area contributed by atoms with E-state index in [-0.39, 0.29) is 11.3 Å². The maximum Gasteiger partial charge on any atom is 0.248 e. The molecule has 1 aromatic rings. The molecule has 1 fully saturated rings. The van der Waals surface area contributed by atoms with Crippen molar-refractivity contribution >= 4 is 5.91 Å². The lowest BCUT2D eigenvalue weighted by atomic mass is 9.86. The number of hydrogen-bond acceptors (Lipinski definition) is 4. The second-order valence-corrected chi connectivity index (χ2v) is 7.32. The second-order valence-electron chi connectivity index (χ2n) is 7.32. The molecule has 0 aromatic carbocycles. The van der Waals surface area contributed by atoms with Crippen molar-refractivity contribution in [3.05, 3.63) is 18.5 Å². The van der Waals surface area contributed by atoms with Gasteiger partial charge in [-0.2, -0.15) is 5.10 Å². The Kier molecular flexibility index (Phi) is 5.24. The van der Waals surface area contributed by atoms with E-state index in [0.717, 1.165) is 32.5 Å². The monoisotopic (exact) mass is 307 g/mol. The zero-order chi connectivity index (χ0) is 16.2. The molecule has 1 aromatic heterocycles. The van der Waals surface area contributed by atoms with Crippen molar-refractivity contribution in [3.63, 3.8) is 0 Å². The van der Waals surface area contributed by atoms with E-state index in [4.69, 9.17) is 0 Å². The van der Waals surface area contributed by atoms with Gasteiger partial charge in [-0.05, 0) is 51.5 Å². The Labute approximate surface area is 133 Å². The lowest BCUT2D eigenvalue weighted by molar-refractivity contribution is -0.132. The predicted molar refractivity (Wildman–Crippen MR) is 87.6 cm³/mol. The van der Waals surface area contributed by atoms with Crippen molar-refractivity contribution in [2.45, 2.75) is 32.2 Å². The molecule has 0 unspecified atom stereocenters. The van der Waals surface area contributed by atoms with Crippen LogP contribution in [0.25, 0.3) is 0 Å². The molecule has 6 heteroatoms. The van der Waals surface area contributed by atoms with Crippen LogP contribution in [0.1, 0.15) is 26.7 Å². The number of piperidine rings is 1. The molecule has 1 amide bonds. The summed E-state index contributed by atoms with van der Waals surface area (Å²) >= 11 is 0. The zero-order valence-corrected chi connectivity index (χ0v) is 14.2. The minimum Gasteiger partial charge on any atom is -0.353 e. The van der Waals surface area contributed by atoms with E-state index in [0.29, 0.717) is 6.54 Å². The van der Waals surface area contributed by atoms with Gasteiger partial charge in [-0.15, -0.1) is 0 Å². The molecule has 22 heavy (non-hydrogen) atoms. The number of hydrogen-bond donors (Lipinski definition) is 2. The van der Waals surface area contributed by atoms with Gasteiger partial charge in [0.25, 0.3) is 0 Å². The van der Waals surface area contributed by atoms with E-state index in [1.165, 1.54) is 0 Å². The lowest BCUT2D eigenvalue weighted by Crippen LogP contribution is -2.56. The first-order valence-corrected chi connectivity index (χ1v) is 8.00. The number of aromatic nitrogens is 2. The van der Waals surface area contributed by atoms with Gasteiger partial charge in [0.1, 0.15) is 5.54 Å². The molecule has 6 nitrogen and oxygen atoms in total. The highest BCUT2D eigenvalue weighted by molar-refractivity contribution is 5.84. The third-order valence-electron chi connectivity index (χ3n) is 4.27. The van der Waals surface area contributed by atoms with Crippen LogP contribution in [0.15, 0.2) is 18.5 Å². The summed E-state index contributed by atoms with van der Waals surface area (Å²) in [6.07, 6.45) is 5.19. The first-order valence-electron chi connectivity index (χ1n) is 8.00. The van der Waals surface area contributed by atoms with Gasteiger partial charge in [0.15, 0.2) is 0 Å². The molecule has 2 rings (SSSR count). The first kappa shape index (κ1) is 17.0. The van der Waals surface area contributed by atoms with Gasteiger partial charge in [0, 0.05) is 25.5 Å². The highest BCUT2D eigenvalue weighted by Crippen LogP contribution is 2.27. The third kappa shape index (κ3) is 3.87. The van der Waals surface area contributed by atoms with Gasteiger partial charge in [-0.1, -0.05) is 13.8 Å². The Bertz CT molecular complexity index is 475. The zero-order valence-electron chi connectivity index (χ0n) is 14.2.